The standard InChI is InChI=1S/C20H14F2N4O/c1-10-2-3-11(7-24-10)12-6-13-14(9-26-20(13)25-8-12)19(27)17-15(21)4-5-16(23)18(17)22/h2-9H,23H2,1H3,(H,25,26). The molecule has 0 amide bonds. The summed E-state index contributed by atoms with van der Waals surface area (Å²) in [5.41, 5.74) is 7.49. The lowest BCUT2D eigenvalue weighted by molar-refractivity contribution is 0.103. The number of aromatic nitrogens is 3. The van der Waals surface area contributed by atoms with Crippen LogP contribution in [0.15, 0.2) is 48.9 Å². The summed E-state index contributed by atoms with van der Waals surface area (Å²) in [5, 5.41) is 0.458. The second-order valence-corrected chi connectivity index (χ2v) is 6.17. The van der Waals surface area contributed by atoms with Crippen LogP contribution >= 0.6 is 0 Å². The fraction of sp³-hybridized carbons (Fsp3) is 0.0500. The van der Waals surface area contributed by atoms with Gasteiger partial charge < -0.3 is 10.7 Å². The molecule has 3 N–H and O–H groups in total. The van der Waals surface area contributed by atoms with Crippen LogP contribution in [0.5, 0.6) is 0 Å². The Kier molecular flexibility index (Phi) is 3.92. The molecular weight excluding hydrogens is 350 g/mol. The van der Waals surface area contributed by atoms with Gasteiger partial charge in [-0.05, 0) is 31.2 Å². The Labute approximate surface area is 152 Å². The van der Waals surface area contributed by atoms with Gasteiger partial charge in [-0.25, -0.2) is 13.8 Å². The molecule has 7 heteroatoms. The van der Waals surface area contributed by atoms with Crippen molar-refractivity contribution < 1.29 is 13.6 Å². The topological polar surface area (TPSA) is 84.7 Å². The van der Waals surface area contributed by atoms with E-state index in [2.05, 4.69) is 15.0 Å². The van der Waals surface area contributed by atoms with Gasteiger partial charge in [-0.15, -0.1) is 0 Å². The van der Waals surface area contributed by atoms with E-state index in [1.165, 1.54) is 6.20 Å². The highest BCUT2D eigenvalue weighted by atomic mass is 19.1. The number of anilines is 1. The van der Waals surface area contributed by atoms with Crippen molar-refractivity contribution in [3.8, 4) is 11.1 Å². The molecule has 3 aromatic heterocycles. The maximum atomic E-state index is 14.3. The SMILES string of the molecule is Cc1ccc(-c2cnc3[nH]cc(C(=O)c4c(F)ccc(N)c4F)c3c2)cn1. The first kappa shape index (κ1) is 16.8. The van der Waals surface area contributed by atoms with Crippen molar-refractivity contribution >= 4 is 22.5 Å². The second kappa shape index (κ2) is 6.28. The summed E-state index contributed by atoms with van der Waals surface area (Å²) in [6, 6.07) is 7.54. The first-order valence-corrected chi connectivity index (χ1v) is 8.14. The van der Waals surface area contributed by atoms with Gasteiger partial charge in [-0.3, -0.25) is 9.78 Å². The molecule has 134 valence electrons. The number of nitrogens with two attached hydrogens (primary N) is 1. The van der Waals surface area contributed by atoms with Gasteiger partial charge in [0.15, 0.2) is 5.82 Å². The van der Waals surface area contributed by atoms with Crippen molar-refractivity contribution in [1.82, 2.24) is 15.0 Å². The monoisotopic (exact) mass is 364 g/mol. The fourth-order valence-corrected chi connectivity index (χ4v) is 2.90. The van der Waals surface area contributed by atoms with E-state index in [-0.39, 0.29) is 11.3 Å². The van der Waals surface area contributed by atoms with Crippen molar-refractivity contribution in [3.05, 3.63) is 77.4 Å². The Morgan fingerprint density at radius 1 is 1.07 bits per heavy atom. The summed E-state index contributed by atoms with van der Waals surface area (Å²) in [7, 11) is 0. The molecule has 0 aliphatic heterocycles. The molecule has 4 rings (SSSR count). The molecule has 0 aliphatic carbocycles. The number of hydrogen-bond acceptors (Lipinski definition) is 4. The van der Waals surface area contributed by atoms with Crippen molar-refractivity contribution in [3.63, 3.8) is 0 Å². The minimum Gasteiger partial charge on any atom is -0.396 e. The molecule has 0 fully saturated rings. The Hall–Kier alpha value is -3.61. The van der Waals surface area contributed by atoms with Gasteiger partial charge in [0, 0.05) is 46.4 Å². The van der Waals surface area contributed by atoms with Crippen molar-refractivity contribution in [2.24, 2.45) is 0 Å². The van der Waals surface area contributed by atoms with Crippen LogP contribution < -0.4 is 5.73 Å². The number of aromatic amines is 1. The number of aryl methyl sites for hydroxylation is 1. The predicted octanol–water partition coefficient (Wildman–Crippen LogP) is 4.02. The zero-order chi connectivity index (χ0) is 19.1. The Morgan fingerprint density at radius 3 is 2.59 bits per heavy atom. The van der Waals surface area contributed by atoms with Crippen LogP contribution in [0, 0.1) is 18.6 Å². The van der Waals surface area contributed by atoms with E-state index in [4.69, 9.17) is 5.73 Å². The lowest BCUT2D eigenvalue weighted by Crippen LogP contribution is -2.09. The number of nitrogen functional groups attached to an aromatic ring is 1. The van der Waals surface area contributed by atoms with Crippen molar-refractivity contribution in [1.29, 1.82) is 0 Å². The molecule has 0 saturated heterocycles. The van der Waals surface area contributed by atoms with Crippen LogP contribution in [-0.2, 0) is 0 Å². The van der Waals surface area contributed by atoms with Gasteiger partial charge in [0.2, 0.25) is 5.78 Å². The van der Waals surface area contributed by atoms with Gasteiger partial charge in [-0.1, -0.05) is 6.07 Å². The number of H-pyrrole nitrogens is 1. The number of pyridine rings is 2. The van der Waals surface area contributed by atoms with Gasteiger partial charge in [0.1, 0.15) is 11.5 Å². The first-order valence-electron chi connectivity index (χ1n) is 8.14. The normalized spacial score (nSPS) is 11.1. The molecule has 4 aromatic rings. The zero-order valence-electron chi connectivity index (χ0n) is 14.3. The van der Waals surface area contributed by atoms with Crippen molar-refractivity contribution in [2.75, 3.05) is 5.73 Å². The van der Waals surface area contributed by atoms with E-state index < -0.39 is 23.0 Å². The third-order valence-electron chi connectivity index (χ3n) is 4.37. The Morgan fingerprint density at radius 2 is 1.85 bits per heavy atom. The maximum absolute atomic E-state index is 14.3. The number of hydrogen-bond donors (Lipinski definition) is 2. The summed E-state index contributed by atoms with van der Waals surface area (Å²) < 4.78 is 28.4. The van der Waals surface area contributed by atoms with E-state index in [9.17, 15) is 13.6 Å². The molecule has 0 spiro atoms. The van der Waals surface area contributed by atoms with E-state index in [1.54, 1.807) is 18.5 Å². The number of nitrogens with one attached hydrogen (secondary N) is 1. The highest BCUT2D eigenvalue weighted by molar-refractivity contribution is 6.16. The number of rotatable bonds is 3. The average molecular weight is 364 g/mol. The van der Waals surface area contributed by atoms with Crippen LogP contribution in [0.1, 0.15) is 21.6 Å². The lowest BCUT2D eigenvalue weighted by Gasteiger charge is -2.06. The molecule has 0 unspecified atom stereocenters. The number of ketones is 1. The molecule has 0 atom stereocenters. The second-order valence-electron chi connectivity index (χ2n) is 6.17. The van der Waals surface area contributed by atoms with Gasteiger partial charge >= 0.3 is 0 Å². The number of halogens is 2. The lowest BCUT2D eigenvalue weighted by atomic mass is 10.00. The van der Waals surface area contributed by atoms with Gasteiger partial charge in [0.05, 0.1) is 11.3 Å². The molecule has 0 bridgehead atoms. The molecule has 0 saturated carbocycles. The van der Waals surface area contributed by atoms with Crippen LogP contribution in [-0.4, -0.2) is 20.7 Å². The summed E-state index contributed by atoms with van der Waals surface area (Å²) >= 11 is 0. The van der Waals surface area contributed by atoms with Crippen molar-refractivity contribution in [2.45, 2.75) is 6.92 Å². The molecule has 3 heterocycles. The minimum absolute atomic E-state index is 0.114. The maximum Gasteiger partial charge on any atom is 0.201 e. The minimum atomic E-state index is -1.07. The van der Waals surface area contributed by atoms with Crippen LogP contribution in [0.4, 0.5) is 14.5 Å². The van der Waals surface area contributed by atoms with Crippen LogP contribution in [0.25, 0.3) is 22.2 Å². The molecule has 0 radical (unpaired) electrons. The quantitative estimate of drug-likeness (QED) is 0.425. The van der Waals surface area contributed by atoms with Crippen LogP contribution in [0.3, 0.4) is 0 Å². The fourth-order valence-electron chi connectivity index (χ4n) is 2.90. The summed E-state index contributed by atoms with van der Waals surface area (Å²) in [6.07, 6.45) is 4.73. The number of carbonyl (C=O) groups excluding carboxylic acids is 1. The molecule has 27 heavy (non-hydrogen) atoms. The molecule has 1 aromatic carbocycles. The predicted molar refractivity (Wildman–Crippen MR) is 98.3 cm³/mol. The van der Waals surface area contributed by atoms with E-state index >= 15 is 0 Å². The summed E-state index contributed by atoms with van der Waals surface area (Å²) in [4.78, 5) is 24.2. The summed E-state index contributed by atoms with van der Waals surface area (Å²) in [6.45, 7) is 1.88. The molecular formula is C20H14F2N4O. The average Bonchev–Trinajstić information content (AvgIpc) is 3.09. The smallest absolute Gasteiger partial charge is 0.201 e. The first-order chi connectivity index (χ1) is 13.0. The number of benzene rings is 1. The van der Waals surface area contributed by atoms with E-state index in [0.29, 0.717) is 11.0 Å². The van der Waals surface area contributed by atoms with E-state index in [1.807, 2.05) is 19.1 Å². The van der Waals surface area contributed by atoms with Gasteiger partial charge in [-0.2, -0.15) is 0 Å². The third-order valence-corrected chi connectivity index (χ3v) is 4.37. The number of fused-ring (bicyclic) bond motifs is 1. The van der Waals surface area contributed by atoms with Crippen LogP contribution in [0.2, 0.25) is 0 Å². The highest BCUT2D eigenvalue weighted by Gasteiger charge is 2.23. The number of nitrogens with zero attached hydrogens (tertiary/aromatic N) is 2. The Bertz CT molecular complexity index is 1180. The molecule has 5 nitrogen and oxygen atoms in total. The Balaban J connectivity index is 1.86. The summed E-state index contributed by atoms with van der Waals surface area (Å²) in [5.74, 6) is -2.83. The highest BCUT2D eigenvalue weighted by Crippen LogP contribution is 2.28. The van der Waals surface area contributed by atoms with Gasteiger partial charge in [0.25, 0.3) is 0 Å². The van der Waals surface area contributed by atoms with E-state index in [0.717, 1.165) is 29.0 Å². The number of carbonyl (C=O) groups is 1. The largest absolute Gasteiger partial charge is 0.396 e. The molecule has 0 aliphatic rings. The third kappa shape index (κ3) is 2.83. The zero-order valence-corrected chi connectivity index (χ0v) is 14.3.